The van der Waals surface area contributed by atoms with Crippen molar-refractivity contribution in [1.82, 2.24) is 0 Å². The van der Waals surface area contributed by atoms with Gasteiger partial charge in [0.1, 0.15) is 12.2 Å². The van der Waals surface area contributed by atoms with Gasteiger partial charge in [0.25, 0.3) is 6.47 Å². The number of hydrogen-bond acceptors (Lipinski definition) is 4. The number of hydrogen-bond donors (Lipinski definition) is 0. The van der Waals surface area contributed by atoms with Crippen LogP contribution in [0.2, 0.25) is 0 Å². The van der Waals surface area contributed by atoms with Crippen molar-refractivity contribution in [1.29, 1.82) is 0 Å². The van der Waals surface area contributed by atoms with Crippen molar-refractivity contribution in [3.8, 4) is 0 Å². The molecule has 0 spiro atoms. The monoisotopic (exact) mass is 388 g/mol. The van der Waals surface area contributed by atoms with Crippen molar-refractivity contribution >= 4 is 12.4 Å². The van der Waals surface area contributed by atoms with Gasteiger partial charge in [0, 0.05) is 19.3 Å². The van der Waals surface area contributed by atoms with Crippen molar-refractivity contribution in [2.24, 2.45) is 34.5 Å². The summed E-state index contributed by atoms with van der Waals surface area (Å²) in [5.74, 6) is 2.55. The van der Waals surface area contributed by atoms with E-state index in [4.69, 9.17) is 9.47 Å². The Kier molecular flexibility index (Phi) is 5.12. The fraction of sp³-hybridized carbons (Fsp3) is 0.833. The van der Waals surface area contributed by atoms with E-state index in [2.05, 4.69) is 26.8 Å². The fourth-order valence-corrected chi connectivity index (χ4v) is 7.96. The minimum Gasteiger partial charge on any atom is -0.465 e. The molecule has 2 unspecified atom stereocenters. The van der Waals surface area contributed by atoms with Gasteiger partial charge in [0.15, 0.2) is 0 Å². The van der Waals surface area contributed by atoms with Crippen molar-refractivity contribution < 1.29 is 19.1 Å². The molecular weight excluding hydrogens is 352 g/mol. The zero-order valence-electron chi connectivity index (χ0n) is 17.9. The van der Waals surface area contributed by atoms with E-state index >= 15 is 0 Å². The molecule has 4 heteroatoms. The van der Waals surface area contributed by atoms with Crippen LogP contribution in [0, 0.1) is 34.5 Å². The van der Waals surface area contributed by atoms with E-state index in [1.807, 2.05) is 0 Å². The van der Waals surface area contributed by atoms with Crippen LogP contribution in [0.25, 0.3) is 0 Å². The molecule has 0 bridgehead atoms. The highest BCUT2D eigenvalue weighted by molar-refractivity contribution is 5.66. The number of fused-ring (bicyclic) bond motifs is 5. The summed E-state index contributed by atoms with van der Waals surface area (Å²) in [6.45, 7) is 9.18. The molecule has 0 aromatic carbocycles. The molecule has 4 nitrogen and oxygen atoms in total. The molecule has 0 radical (unpaired) electrons. The van der Waals surface area contributed by atoms with Crippen LogP contribution in [0.3, 0.4) is 0 Å². The minimum atomic E-state index is -0.153. The maximum Gasteiger partial charge on any atom is 0.302 e. The summed E-state index contributed by atoms with van der Waals surface area (Å²) in [6, 6.07) is 0. The lowest BCUT2D eigenvalue weighted by Gasteiger charge is -2.58. The first-order valence-electron chi connectivity index (χ1n) is 11.3. The number of esters is 1. The molecule has 3 saturated carbocycles. The highest BCUT2D eigenvalue weighted by Gasteiger charge is 2.59. The van der Waals surface area contributed by atoms with E-state index in [-0.39, 0.29) is 23.6 Å². The van der Waals surface area contributed by atoms with E-state index in [1.54, 1.807) is 5.57 Å². The Morgan fingerprint density at radius 2 is 1.96 bits per heavy atom. The Labute approximate surface area is 169 Å². The standard InChI is InChI=1S/C24H36O4/c1-15(27-14-25)20-7-8-21-19-6-5-17-13-18(28-16(2)26)9-11-23(17,3)22(19)10-12-24(20,21)4/h5,14-15,18-22H,6-13H2,1-4H3/t15?,18?,19-,20+,21-,22-,23-,24+/m0/s1. The smallest absolute Gasteiger partial charge is 0.302 e. The third-order valence-electron chi connectivity index (χ3n) is 9.30. The Morgan fingerprint density at radius 1 is 1.18 bits per heavy atom. The second-order valence-electron chi connectivity index (χ2n) is 10.4. The molecule has 4 aliphatic rings. The minimum absolute atomic E-state index is 0.0218. The summed E-state index contributed by atoms with van der Waals surface area (Å²) < 4.78 is 10.9. The van der Waals surface area contributed by atoms with Gasteiger partial charge in [-0.2, -0.15) is 0 Å². The van der Waals surface area contributed by atoms with E-state index in [0.29, 0.717) is 17.8 Å². The van der Waals surface area contributed by atoms with Crippen molar-refractivity contribution in [2.75, 3.05) is 0 Å². The number of allylic oxidation sites excluding steroid dienone is 1. The van der Waals surface area contributed by atoms with Gasteiger partial charge in [-0.05, 0) is 80.5 Å². The highest BCUT2D eigenvalue weighted by atomic mass is 16.5. The van der Waals surface area contributed by atoms with E-state index in [1.165, 1.54) is 32.6 Å². The third kappa shape index (κ3) is 3.02. The van der Waals surface area contributed by atoms with Crippen LogP contribution in [0.5, 0.6) is 0 Å². The quantitative estimate of drug-likeness (QED) is 0.384. The summed E-state index contributed by atoms with van der Waals surface area (Å²) >= 11 is 0. The molecule has 0 N–H and O–H groups in total. The van der Waals surface area contributed by atoms with Gasteiger partial charge in [-0.3, -0.25) is 9.59 Å². The first kappa shape index (κ1) is 20.0. The number of ether oxygens (including phenoxy) is 2. The predicted molar refractivity (Wildman–Crippen MR) is 107 cm³/mol. The normalized spacial score (nSPS) is 45.7. The summed E-state index contributed by atoms with van der Waals surface area (Å²) in [6.07, 6.45) is 11.8. The van der Waals surface area contributed by atoms with Gasteiger partial charge in [-0.15, -0.1) is 0 Å². The molecule has 3 fully saturated rings. The lowest BCUT2D eigenvalue weighted by atomic mass is 9.47. The maximum absolute atomic E-state index is 11.4. The van der Waals surface area contributed by atoms with Crippen LogP contribution in [0.15, 0.2) is 11.6 Å². The highest BCUT2D eigenvalue weighted by Crippen LogP contribution is 2.66. The van der Waals surface area contributed by atoms with Crippen LogP contribution in [-0.4, -0.2) is 24.6 Å². The lowest BCUT2D eigenvalue weighted by molar-refractivity contribution is -0.149. The summed E-state index contributed by atoms with van der Waals surface area (Å²) in [5.41, 5.74) is 2.10. The van der Waals surface area contributed by atoms with Crippen LogP contribution >= 0.6 is 0 Å². The van der Waals surface area contributed by atoms with Gasteiger partial charge >= 0.3 is 5.97 Å². The van der Waals surface area contributed by atoms with Gasteiger partial charge in [0.05, 0.1) is 0 Å². The summed E-state index contributed by atoms with van der Waals surface area (Å²) in [5, 5.41) is 0. The van der Waals surface area contributed by atoms with Crippen LogP contribution < -0.4 is 0 Å². The number of carbonyl (C=O) groups excluding carboxylic acids is 2. The molecule has 0 aromatic heterocycles. The van der Waals surface area contributed by atoms with E-state index in [9.17, 15) is 9.59 Å². The first-order valence-corrected chi connectivity index (χ1v) is 11.3. The Hall–Kier alpha value is -1.32. The zero-order valence-corrected chi connectivity index (χ0v) is 17.9. The molecule has 0 heterocycles. The second kappa shape index (κ2) is 7.18. The van der Waals surface area contributed by atoms with E-state index < -0.39 is 0 Å². The Bertz CT molecular complexity index is 670. The first-order chi connectivity index (χ1) is 13.3. The molecule has 0 saturated heterocycles. The van der Waals surface area contributed by atoms with Crippen LogP contribution in [-0.2, 0) is 19.1 Å². The third-order valence-corrected chi connectivity index (χ3v) is 9.30. The molecule has 0 aromatic rings. The fourth-order valence-electron chi connectivity index (χ4n) is 7.96. The van der Waals surface area contributed by atoms with Gasteiger partial charge in [-0.25, -0.2) is 0 Å². The number of carbonyl (C=O) groups is 2. The summed E-state index contributed by atoms with van der Waals surface area (Å²) in [4.78, 5) is 22.3. The van der Waals surface area contributed by atoms with Gasteiger partial charge < -0.3 is 9.47 Å². The predicted octanol–water partition coefficient (Wildman–Crippen LogP) is 5.06. The average Bonchev–Trinajstić information content (AvgIpc) is 2.99. The molecule has 4 rings (SSSR count). The summed E-state index contributed by atoms with van der Waals surface area (Å²) in [7, 11) is 0. The Morgan fingerprint density at radius 3 is 2.68 bits per heavy atom. The molecule has 28 heavy (non-hydrogen) atoms. The number of rotatable bonds is 4. The lowest BCUT2D eigenvalue weighted by Crippen LogP contribution is -2.51. The molecule has 4 aliphatic carbocycles. The Balaban J connectivity index is 1.55. The van der Waals surface area contributed by atoms with Crippen LogP contribution in [0.4, 0.5) is 0 Å². The maximum atomic E-state index is 11.4. The molecular formula is C24H36O4. The SMILES string of the molecule is CC(=O)OC1CC[C@@]2(C)C(=CC[C@H]3[C@@H]4CC[C@H](C(C)OC=O)[C@@]4(C)CC[C@@H]32)C1. The van der Waals surface area contributed by atoms with Crippen molar-refractivity contribution in [2.45, 2.75) is 91.3 Å². The molecule has 156 valence electrons. The second-order valence-corrected chi connectivity index (χ2v) is 10.4. The van der Waals surface area contributed by atoms with Gasteiger partial charge in [-0.1, -0.05) is 25.5 Å². The molecule has 0 amide bonds. The van der Waals surface area contributed by atoms with Crippen molar-refractivity contribution in [3.63, 3.8) is 0 Å². The topological polar surface area (TPSA) is 52.6 Å². The van der Waals surface area contributed by atoms with Crippen LogP contribution in [0.1, 0.15) is 79.1 Å². The average molecular weight is 389 g/mol. The largest absolute Gasteiger partial charge is 0.465 e. The van der Waals surface area contributed by atoms with E-state index in [0.717, 1.165) is 43.4 Å². The van der Waals surface area contributed by atoms with Gasteiger partial charge in [0.2, 0.25) is 0 Å². The molecule has 8 atom stereocenters. The molecule has 0 aliphatic heterocycles. The van der Waals surface area contributed by atoms with Crippen molar-refractivity contribution in [3.05, 3.63) is 11.6 Å². The zero-order chi connectivity index (χ0) is 20.1.